The van der Waals surface area contributed by atoms with Crippen molar-refractivity contribution in [2.75, 3.05) is 0 Å². The fourth-order valence-electron chi connectivity index (χ4n) is 0. The molecule has 0 amide bonds. The zero-order valence-corrected chi connectivity index (χ0v) is 6.51. The minimum absolute atomic E-state index is 0. The van der Waals surface area contributed by atoms with Crippen molar-refractivity contribution in [3.8, 4) is 0 Å². The second-order valence-corrected chi connectivity index (χ2v) is 3.34. The molecule has 0 fully saturated rings. The summed E-state index contributed by atoms with van der Waals surface area (Å²) in [5.74, 6) is 0. The summed E-state index contributed by atoms with van der Waals surface area (Å²) >= 11 is 4.83. The van der Waals surface area contributed by atoms with Crippen molar-refractivity contribution in [1.29, 1.82) is 0 Å². The zero-order chi connectivity index (χ0) is 4.50. The molecule has 0 aliphatic carbocycles. The first-order chi connectivity index (χ1) is 2.00. The normalized spacial score (nSPS) is 10.0. The van der Waals surface area contributed by atoms with E-state index in [1.54, 1.807) is 0 Å². The Morgan fingerprint density at radius 3 is 1.17 bits per heavy atom. The molecule has 0 aliphatic rings. The van der Waals surface area contributed by atoms with E-state index >= 15 is 0 Å². The topological polar surface area (TPSA) is 0 Å². The summed E-state index contributed by atoms with van der Waals surface area (Å²) in [6.07, 6.45) is 0. The predicted molar refractivity (Wildman–Crippen MR) is 27.1 cm³/mol. The van der Waals surface area contributed by atoms with E-state index < -0.39 is 0 Å². The molecule has 0 nitrogen and oxygen atoms in total. The SMILES string of the molecule is CC(C)(C)[S-].[Ag+]. The Bertz CT molecular complexity index is 23.0. The van der Waals surface area contributed by atoms with Gasteiger partial charge in [0.15, 0.2) is 0 Å². The van der Waals surface area contributed by atoms with E-state index in [-0.39, 0.29) is 27.1 Å². The first-order valence-electron chi connectivity index (χ1n) is 1.70. The van der Waals surface area contributed by atoms with Crippen LogP contribution in [0.15, 0.2) is 0 Å². The van der Waals surface area contributed by atoms with E-state index in [1.807, 2.05) is 20.8 Å². The van der Waals surface area contributed by atoms with Crippen LogP contribution in [-0.4, -0.2) is 4.75 Å². The molecule has 0 aliphatic heterocycles. The van der Waals surface area contributed by atoms with Gasteiger partial charge in [-0.3, -0.25) is 0 Å². The monoisotopic (exact) mass is 196 g/mol. The molecule has 0 unspecified atom stereocenters. The molecule has 0 bridgehead atoms. The molecule has 0 aromatic carbocycles. The molecular weight excluding hydrogens is 188 g/mol. The number of rotatable bonds is 0. The molecule has 0 aromatic rings. The van der Waals surface area contributed by atoms with E-state index in [0.717, 1.165) is 0 Å². The van der Waals surface area contributed by atoms with Crippen LogP contribution < -0.4 is 0 Å². The van der Waals surface area contributed by atoms with Crippen LogP contribution in [0, 0.1) is 0 Å². The number of hydrogen-bond donors (Lipinski definition) is 0. The first kappa shape index (κ1) is 10.1. The van der Waals surface area contributed by atoms with Crippen molar-refractivity contribution in [3.05, 3.63) is 0 Å². The van der Waals surface area contributed by atoms with Crippen LogP contribution in [0.1, 0.15) is 20.8 Å². The summed E-state index contributed by atoms with van der Waals surface area (Å²) < 4.78 is 0.0833. The predicted octanol–water partition coefficient (Wildman–Crippen LogP) is 1.33. The van der Waals surface area contributed by atoms with E-state index in [1.165, 1.54) is 0 Å². The van der Waals surface area contributed by atoms with Gasteiger partial charge in [0.2, 0.25) is 0 Å². The Morgan fingerprint density at radius 2 is 1.17 bits per heavy atom. The maximum absolute atomic E-state index is 4.83. The van der Waals surface area contributed by atoms with Crippen LogP contribution in [0.3, 0.4) is 0 Å². The molecule has 0 aromatic heterocycles. The maximum atomic E-state index is 4.83. The van der Waals surface area contributed by atoms with Gasteiger partial charge in [0.25, 0.3) is 0 Å². The minimum Gasteiger partial charge on any atom is -0.787 e. The van der Waals surface area contributed by atoms with Gasteiger partial charge in [-0.05, 0) is 0 Å². The van der Waals surface area contributed by atoms with Crippen LogP contribution in [0.25, 0.3) is 0 Å². The Hall–Kier alpha value is 1.09. The fraction of sp³-hybridized carbons (Fsp3) is 1.00. The van der Waals surface area contributed by atoms with Crippen LogP contribution in [0.4, 0.5) is 0 Å². The molecule has 0 heterocycles. The molecule has 0 rings (SSSR count). The molecule has 0 radical (unpaired) electrons. The van der Waals surface area contributed by atoms with Crippen molar-refractivity contribution < 1.29 is 22.4 Å². The fourth-order valence-corrected chi connectivity index (χ4v) is 0. The van der Waals surface area contributed by atoms with Gasteiger partial charge in [-0.15, -0.1) is 0 Å². The minimum atomic E-state index is 0. The average Bonchev–Trinajstić information content (AvgIpc) is 0.722. The molecule has 0 spiro atoms. The second kappa shape index (κ2) is 3.14. The van der Waals surface area contributed by atoms with Crippen molar-refractivity contribution in [3.63, 3.8) is 0 Å². The van der Waals surface area contributed by atoms with Gasteiger partial charge in [-0.25, -0.2) is 0 Å². The maximum Gasteiger partial charge on any atom is 1.00 e. The molecule has 0 saturated heterocycles. The third-order valence-corrected chi connectivity index (χ3v) is 0. The Balaban J connectivity index is 0. The molecule has 0 atom stereocenters. The summed E-state index contributed by atoms with van der Waals surface area (Å²) in [5.41, 5.74) is 0. The van der Waals surface area contributed by atoms with Gasteiger partial charge in [0.05, 0.1) is 0 Å². The summed E-state index contributed by atoms with van der Waals surface area (Å²) in [6, 6.07) is 0. The number of hydrogen-bond acceptors (Lipinski definition) is 1. The van der Waals surface area contributed by atoms with Gasteiger partial charge >= 0.3 is 22.4 Å². The molecule has 6 heavy (non-hydrogen) atoms. The van der Waals surface area contributed by atoms with Crippen molar-refractivity contribution >= 4 is 12.6 Å². The van der Waals surface area contributed by atoms with E-state index in [4.69, 9.17) is 12.6 Å². The smallest absolute Gasteiger partial charge is 0.787 e. The van der Waals surface area contributed by atoms with Gasteiger partial charge in [0, 0.05) is 0 Å². The first-order valence-corrected chi connectivity index (χ1v) is 2.11. The quantitative estimate of drug-likeness (QED) is 0.417. The zero-order valence-electron chi connectivity index (χ0n) is 4.21. The van der Waals surface area contributed by atoms with Crippen LogP contribution in [0.5, 0.6) is 0 Å². The van der Waals surface area contributed by atoms with Gasteiger partial charge in [-0.2, -0.15) is 4.75 Å². The van der Waals surface area contributed by atoms with Crippen LogP contribution in [-0.2, 0) is 35.0 Å². The van der Waals surface area contributed by atoms with Crippen molar-refractivity contribution in [1.82, 2.24) is 0 Å². The molecule has 0 saturated carbocycles. The average molecular weight is 197 g/mol. The summed E-state index contributed by atoms with van der Waals surface area (Å²) in [6.45, 7) is 6.01. The molecular formula is C4H9AgS. The summed E-state index contributed by atoms with van der Waals surface area (Å²) in [4.78, 5) is 0. The standard InChI is InChI=1S/C4H10S.Ag/c1-4(2,3)5;/h5H,1-3H3;/q;+1/p-1. The Labute approximate surface area is 60.6 Å². The van der Waals surface area contributed by atoms with Crippen LogP contribution in [0.2, 0.25) is 0 Å². The summed E-state index contributed by atoms with van der Waals surface area (Å²) in [7, 11) is 0. The third-order valence-electron chi connectivity index (χ3n) is 0. The van der Waals surface area contributed by atoms with E-state index in [0.29, 0.717) is 0 Å². The van der Waals surface area contributed by atoms with Gasteiger partial charge < -0.3 is 12.6 Å². The molecule has 2 heteroatoms. The van der Waals surface area contributed by atoms with Crippen molar-refractivity contribution in [2.24, 2.45) is 0 Å². The van der Waals surface area contributed by atoms with Crippen molar-refractivity contribution in [2.45, 2.75) is 25.5 Å². The molecule has 42 valence electrons. The van der Waals surface area contributed by atoms with E-state index in [2.05, 4.69) is 0 Å². The van der Waals surface area contributed by atoms with E-state index in [9.17, 15) is 0 Å². The largest absolute Gasteiger partial charge is 1.00 e. The van der Waals surface area contributed by atoms with Crippen LogP contribution >= 0.6 is 0 Å². The Morgan fingerprint density at radius 1 is 1.17 bits per heavy atom. The Kier molecular flexibility index (Phi) is 5.31. The summed E-state index contributed by atoms with van der Waals surface area (Å²) in [5, 5.41) is 0. The second-order valence-electron chi connectivity index (χ2n) is 2.11. The third kappa shape index (κ3) is 71.6. The van der Waals surface area contributed by atoms with Gasteiger partial charge in [0.1, 0.15) is 0 Å². The molecule has 0 N–H and O–H groups in total. The van der Waals surface area contributed by atoms with Gasteiger partial charge in [-0.1, -0.05) is 20.8 Å².